The molecule has 1 aliphatic rings. The number of likely N-dealkylation sites (N-methyl/N-ethyl adjacent to an activating group) is 1. The third-order valence-electron chi connectivity index (χ3n) is 1.65. The summed E-state index contributed by atoms with van der Waals surface area (Å²) in [4.78, 5) is 43.8. The highest BCUT2D eigenvalue weighted by molar-refractivity contribution is 6.18. The Morgan fingerprint density at radius 1 is 1.46 bits per heavy atom. The van der Waals surface area contributed by atoms with Crippen LogP contribution in [0.2, 0.25) is 0 Å². The second-order valence-electron chi connectivity index (χ2n) is 2.38. The van der Waals surface area contributed by atoms with Crippen molar-refractivity contribution in [3.05, 3.63) is 4.91 Å². The van der Waals surface area contributed by atoms with Crippen molar-refractivity contribution in [1.82, 2.24) is 10.2 Å². The zero-order chi connectivity index (χ0) is 10.0. The molecule has 0 spiro atoms. The van der Waals surface area contributed by atoms with Gasteiger partial charge in [0.05, 0.1) is 0 Å². The molecule has 1 atom stereocenters. The zero-order valence-corrected chi connectivity index (χ0v) is 6.81. The van der Waals surface area contributed by atoms with E-state index in [0.717, 1.165) is 4.90 Å². The van der Waals surface area contributed by atoms with Crippen molar-refractivity contribution in [2.24, 2.45) is 5.18 Å². The van der Waals surface area contributed by atoms with Crippen molar-refractivity contribution in [2.45, 2.75) is 13.0 Å². The van der Waals surface area contributed by atoms with Gasteiger partial charge in [-0.1, -0.05) is 0 Å². The molecule has 0 aliphatic carbocycles. The van der Waals surface area contributed by atoms with Crippen molar-refractivity contribution < 1.29 is 14.4 Å². The molecule has 7 nitrogen and oxygen atoms in total. The van der Waals surface area contributed by atoms with Gasteiger partial charge in [-0.25, -0.2) is 4.79 Å². The molecule has 1 rings (SSSR count). The molecule has 0 aromatic rings. The maximum atomic E-state index is 11.2. The van der Waals surface area contributed by atoms with E-state index in [1.54, 1.807) is 6.92 Å². The Kier molecular flexibility index (Phi) is 2.36. The van der Waals surface area contributed by atoms with Crippen molar-refractivity contribution >= 4 is 17.8 Å². The number of carbonyl (C=O) groups is 3. The molecular formula is C6H7N3O4. The first-order valence-corrected chi connectivity index (χ1v) is 3.60. The summed E-state index contributed by atoms with van der Waals surface area (Å²) in [6, 6.07) is -2.44. The molecule has 1 aliphatic heterocycles. The van der Waals surface area contributed by atoms with E-state index in [0.29, 0.717) is 0 Å². The zero-order valence-electron chi connectivity index (χ0n) is 6.81. The minimum Gasteiger partial charge on any atom is -0.275 e. The summed E-state index contributed by atoms with van der Waals surface area (Å²) in [6.45, 7) is 1.65. The highest BCUT2D eigenvalue weighted by atomic mass is 16.3. The van der Waals surface area contributed by atoms with Gasteiger partial charge < -0.3 is 0 Å². The van der Waals surface area contributed by atoms with Crippen LogP contribution in [-0.2, 0) is 9.59 Å². The van der Waals surface area contributed by atoms with Crippen molar-refractivity contribution in [2.75, 3.05) is 6.54 Å². The van der Waals surface area contributed by atoms with E-state index in [4.69, 9.17) is 0 Å². The van der Waals surface area contributed by atoms with Gasteiger partial charge in [-0.05, 0) is 12.1 Å². The fourth-order valence-corrected chi connectivity index (χ4v) is 0.993. The predicted octanol–water partition coefficient (Wildman–Crippen LogP) is -0.780. The molecule has 0 aromatic carbocycles. The maximum Gasteiger partial charge on any atom is 0.330 e. The van der Waals surface area contributed by atoms with Gasteiger partial charge >= 0.3 is 6.03 Å². The lowest BCUT2D eigenvalue weighted by Gasteiger charge is -2.25. The number of imide groups is 2. The van der Waals surface area contributed by atoms with E-state index in [1.807, 2.05) is 5.32 Å². The van der Waals surface area contributed by atoms with E-state index in [-0.39, 0.29) is 6.54 Å². The van der Waals surface area contributed by atoms with Crippen molar-refractivity contribution in [3.8, 4) is 0 Å². The number of nitrogens with one attached hydrogen (secondary N) is 1. The Bertz CT molecular complexity index is 288. The Morgan fingerprint density at radius 3 is 2.54 bits per heavy atom. The van der Waals surface area contributed by atoms with Crippen LogP contribution in [0.5, 0.6) is 0 Å². The fourth-order valence-electron chi connectivity index (χ4n) is 0.993. The second-order valence-corrected chi connectivity index (χ2v) is 2.38. The van der Waals surface area contributed by atoms with Crippen LogP contribution in [-0.4, -0.2) is 35.3 Å². The van der Waals surface area contributed by atoms with Gasteiger partial charge in [0.2, 0.25) is 6.04 Å². The fraction of sp³-hybridized carbons (Fsp3) is 0.500. The number of hydrogen-bond acceptors (Lipinski definition) is 5. The third kappa shape index (κ3) is 1.40. The van der Waals surface area contributed by atoms with Crippen LogP contribution >= 0.6 is 0 Å². The standard InChI is InChI=1S/C6H7N3O4/c1-2-9-5(11)3(8-13)4(10)7-6(9)12/h3H,2H2,1H3,(H,7,10,12). The molecule has 1 saturated heterocycles. The molecule has 1 heterocycles. The molecule has 70 valence electrons. The van der Waals surface area contributed by atoms with Gasteiger partial charge in [-0.2, -0.15) is 0 Å². The van der Waals surface area contributed by atoms with E-state index >= 15 is 0 Å². The van der Waals surface area contributed by atoms with Gasteiger partial charge in [0.25, 0.3) is 11.8 Å². The van der Waals surface area contributed by atoms with E-state index < -0.39 is 23.9 Å². The summed E-state index contributed by atoms with van der Waals surface area (Å²) in [5.41, 5.74) is 0. The van der Waals surface area contributed by atoms with Crippen LogP contribution < -0.4 is 5.32 Å². The quantitative estimate of drug-likeness (QED) is 0.450. The third-order valence-corrected chi connectivity index (χ3v) is 1.65. The number of urea groups is 1. The number of barbiturate groups is 1. The summed E-state index contributed by atoms with van der Waals surface area (Å²) >= 11 is 0. The average Bonchev–Trinajstić information content (AvgIpc) is 2.04. The molecule has 13 heavy (non-hydrogen) atoms. The second kappa shape index (κ2) is 3.30. The lowest BCUT2D eigenvalue weighted by molar-refractivity contribution is -0.138. The normalized spacial score (nSPS) is 23.0. The molecule has 4 amide bonds. The van der Waals surface area contributed by atoms with Gasteiger partial charge in [-0.3, -0.25) is 19.8 Å². The van der Waals surface area contributed by atoms with Crippen LogP contribution in [0.3, 0.4) is 0 Å². The Labute approximate surface area is 73.0 Å². The SMILES string of the molecule is CCN1C(=O)NC(=O)C(N=O)C1=O. The summed E-state index contributed by atoms with van der Waals surface area (Å²) in [6.07, 6.45) is 0. The topological polar surface area (TPSA) is 95.9 Å². The first kappa shape index (κ1) is 9.30. The maximum absolute atomic E-state index is 11.2. The van der Waals surface area contributed by atoms with Crippen LogP contribution in [0.4, 0.5) is 4.79 Å². The molecular weight excluding hydrogens is 178 g/mol. The number of carbonyl (C=O) groups excluding carboxylic acids is 3. The number of rotatable bonds is 2. The van der Waals surface area contributed by atoms with Gasteiger partial charge in [-0.15, -0.1) is 4.91 Å². The van der Waals surface area contributed by atoms with E-state index in [1.165, 1.54) is 0 Å². The number of amides is 4. The molecule has 0 bridgehead atoms. The van der Waals surface area contributed by atoms with E-state index in [9.17, 15) is 19.3 Å². The number of nitrogens with zero attached hydrogens (tertiary/aromatic N) is 2. The Balaban J connectivity index is 2.94. The summed E-state index contributed by atoms with van der Waals surface area (Å²) in [5.74, 6) is -1.83. The molecule has 7 heteroatoms. The smallest absolute Gasteiger partial charge is 0.275 e. The largest absolute Gasteiger partial charge is 0.330 e. The highest BCUT2D eigenvalue weighted by Crippen LogP contribution is 2.05. The lowest BCUT2D eigenvalue weighted by Crippen LogP contribution is -2.59. The monoisotopic (exact) mass is 185 g/mol. The number of nitroso groups, excluding NO2 is 1. The molecule has 1 unspecified atom stereocenters. The summed E-state index contributed by atoms with van der Waals surface area (Å²) in [5, 5.41) is 4.18. The Morgan fingerprint density at radius 2 is 2.08 bits per heavy atom. The molecule has 1 N–H and O–H groups in total. The van der Waals surface area contributed by atoms with Gasteiger partial charge in [0.15, 0.2) is 0 Å². The van der Waals surface area contributed by atoms with E-state index in [2.05, 4.69) is 5.18 Å². The predicted molar refractivity (Wildman–Crippen MR) is 40.5 cm³/mol. The average molecular weight is 185 g/mol. The minimum atomic E-state index is -1.63. The van der Waals surface area contributed by atoms with Crippen LogP contribution in [0, 0.1) is 4.91 Å². The Hall–Kier alpha value is -1.79. The number of hydrogen-bond donors (Lipinski definition) is 1. The first-order valence-electron chi connectivity index (χ1n) is 3.60. The van der Waals surface area contributed by atoms with Gasteiger partial charge in [0.1, 0.15) is 0 Å². The highest BCUT2D eigenvalue weighted by Gasteiger charge is 2.40. The van der Waals surface area contributed by atoms with Crippen LogP contribution in [0.15, 0.2) is 5.18 Å². The van der Waals surface area contributed by atoms with Crippen LogP contribution in [0.25, 0.3) is 0 Å². The van der Waals surface area contributed by atoms with Crippen molar-refractivity contribution in [3.63, 3.8) is 0 Å². The van der Waals surface area contributed by atoms with Crippen LogP contribution in [0.1, 0.15) is 6.92 Å². The minimum absolute atomic E-state index is 0.101. The molecule has 1 fully saturated rings. The summed E-state index contributed by atoms with van der Waals surface area (Å²) in [7, 11) is 0. The molecule has 0 saturated carbocycles. The molecule has 0 aromatic heterocycles. The van der Waals surface area contributed by atoms with Crippen molar-refractivity contribution in [1.29, 1.82) is 0 Å². The van der Waals surface area contributed by atoms with Gasteiger partial charge in [0, 0.05) is 6.54 Å². The first-order chi connectivity index (χ1) is 6.11. The lowest BCUT2D eigenvalue weighted by atomic mass is 10.2. The summed E-state index contributed by atoms with van der Waals surface area (Å²) < 4.78 is 0. The molecule has 0 radical (unpaired) electrons.